The lowest BCUT2D eigenvalue weighted by Crippen LogP contribution is -2.41. The van der Waals surface area contributed by atoms with Gasteiger partial charge in [-0.2, -0.15) is 8.42 Å². The number of aromatic nitrogens is 4. The number of nitrogens with one attached hydrogen (secondary N) is 1. The van der Waals surface area contributed by atoms with Crippen LogP contribution in [0, 0.1) is 11.8 Å². The van der Waals surface area contributed by atoms with Crippen LogP contribution in [0.25, 0.3) is 11.0 Å². The molecule has 3 aromatic rings. The van der Waals surface area contributed by atoms with Gasteiger partial charge in [0.05, 0.1) is 24.3 Å². The molecule has 1 aliphatic carbocycles. The summed E-state index contributed by atoms with van der Waals surface area (Å²) in [6, 6.07) is 6.44. The first-order chi connectivity index (χ1) is 18.0. The summed E-state index contributed by atoms with van der Waals surface area (Å²) in [6.07, 6.45) is 10.9. The second-order valence-corrected chi connectivity index (χ2v) is 11.1. The molecule has 9 nitrogen and oxygen atoms in total. The largest absolute Gasteiger partial charge is 0.375 e. The Balaban J connectivity index is 1.14. The summed E-state index contributed by atoms with van der Waals surface area (Å²) in [7, 11) is -0.134. The van der Waals surface area contributed by atoms with Gasteiger partial charge in [-0.3, -0.25) is 9.88 Å². The Bertz CT molecular complexity index is 1320. The third kappa shape index (κ3) is 5.86. The van der Waals surface area contributed by atoms with Crippen molar-refractivity contribution in [2.24, 2.45) is 11.8 Å². The molecule has 5 rings (SSSR count). The maximum atomic E-state index is 12.3. The zero-order valence-corrected chi connectivity index (χ0v) is 22.5. The van der Waals surface area contributed by atoms with Crippen LogP contribution in [0.5, 0.6) is 0 Å². The number of rotatable bonds is 8. The van der Waals surface area contributed by atoms with Crippen molar-refractivity contribution in [1.82, 2.24) is 24.8 Å². The number of pyridine rings is 1. The molecule has 0 amide bonds. The van der Waals surface area contributed by atoms with Crippen molar-refractivity contribution in [3.8, 4) is 0 Å². The molecule has 2 fully saturated rings. The van der Waals surface area contributed by atoms with Crippen LogP contribution >= 0.6 is 0 Å². The molecule has 198 valence electrons. The van der Waals surface area contributed by atoms with Gasteiger partial charge in [-0.1, -0.05) is 13.0 Å². The first-order valence-electron chi connectivity index (χ1n) is 13.3. The number of aryl methyl sites for hydroxylation is 1. The summed E-state index contributed by atoms with van der Waals surface area (Å²) in [5.74, 6) is 1.32. The zero-order valence-electron chi connectivity index (χ0n) is 21.6. The van der Waals surface area contributed by atoms with Gasteiger partial charge in [0.25, 0.3) is 0 Å². The van der Waals surface area contributed by atoms with Crippen molar-refractivity contribution in [3.05, 3.63) is 48.2 Å². The molecule has 1 saturated carbocycles. The van der Waals surface area contributed by atoms with Crippen LogP contribution in [0.4, 0.5) is 5.82 Å². The molecular weight excluding hydrogens is 488 g/mol. The normalized spacial score (nSPS) is 22.4. The lowest BCUT2D eigenvalue weighted by atomic mass is 9.85. The lowest BCUT2D eigenvalue weighted by Gasteiger charge is -2.36. The Kier molecular flexibility index (Phi) is 8.17. The van der Waals surface area contributed by atoms with Gasteiger partial charge in [0.15, 0.2) is 0 Å². The number of aromatic amines is 1. The summed E-state index contributed by atoms with van der Waals surface area (Å²) < 4.78 is 30.6. The maximum Gasteiger partial charge on any atom is 0.228 e. The summed E-state index contributed by atoms with van der Waals surface area (Å²) in [5, 5.41) is 1.01. The molecule has 0 bridgehead atoms. The monoisotopic (exact) mass is 524 g/mol. The van der Waals surface area contributed by atoms with Crippen molar-refractivity contribution < 1.29 is 13.2 Å². The molecule has 1 unspecified atom stereocenters. The van der Waals surface area contributed by atoms with E-state index in [0.29, 0.717) is 30.2 Å². The van der Waals surface area contributed by atoms with Gasteiger partial charge in [0.2, 0.25) is 10.3 Å². The molecule has 1 atom stereocenters. The molecule has 2 aliphatic rings. The van der Waals surface area contributed by atoms with Gasteiger partial charge in [-0.15, -0.1) is 0 Å². The smallest absolute Gasteiger partial charge is 0.228 e. The van der Waals surface area contributed by atoms with Crippen molar-refractivity contribution in [1.29, 1.82) is 0 Å². The average molecular weight is 525 g/mol. The van der Waals surface area contributed by atoms with Crippen molar-refractivity contribution in [3.63, 3.8) is 0 Å². The van der Waals surface area contributed by atoms with Crippen LogP contribution in [0.15, 0.2) is 36.9 Å². The molecule has 0 aromatic carbocycles. The van der Waals surface area contributed by atoms with E-state index in [9.17, 15) is 8.42 Å². The molecule has 10 heteroatoms. The molecule has 0 spiro atoms. The van der Waals surface area contributed by atoms with Gasteiger partial charge in [0, 0.05) is 44.5 Å². The van der Waals surface area contributed by atoms with E-state index in [1.54, 1.807) is 6.33 Å². The fourth-order valence-electron chi connectivity index (χ4n) is 5.77. The third-order valence-electron chi connectivity index (χ3n) is 7.93. The molecular formula is C27H36N6O3S. The Hall–Kier alpha value is -2.82. The molecule has 3 aromatic heterocycles. The van der Waals surface area contributed by atoms with Crippen molar-refractivity contribution in [2.75, 3.05) is 31.6 Å². The third-order valence-corrected chi connectivity index (χ3v) is 8.86. The van der Waals surface area contributed by atoms with Crippen LogP contribution in [0.3, 0.4) is 0 Å². The van der Waals surface area contributed by atoms with Crippen LogP contribution in [-0.2, 0) is 28.1 Å². The molecule has 37 heavy (non-hydrogen) atoms. The van der Waals surface area contributed by atoms with E-state index in [1.807, 2.05) is 24.5 Å². The van der Waals surface area contributed by atoms with Crippen LogP contribution in [0.2, 0.25) is 0 Å². The van der Waals surface area contributed by atoms with E-state index < -0.39 is 10.3 Å². The van der Waals surface area contributed by atoms with E-state index in [0.717, 1.165) is 74.2 Å². The number of anilines is 1. The molecule has 1 N–H and O–H groups in total. The van der Waals surface area contributed by atoms with Crippen molar-refractivity contribution >= 4 is 32.1 Å². The highest BCUT2D eigenvalue weighted by atomic mass is 32.2. The Morgan fingerprint density at radius 2 is 1.97 bits per heavy atom. The predicted octanol–water partition coefficient (Wildman–Crippen LogP) is 3.46. The fraction of sp³-hybridized carbons (Fsp3) is 0.556. The topological polar surface area (TPSA) is 104 Å². The van der Waals surface area contributed by atoms with Gasteiger partial charge < -0.3 is 14.6 Å². The van der Waals surface area contributed by atoms with Crippen LogP contribution in [0.1, 0.15) is 50.3 Å². The number of ether oxygens (including phenoxy) is 1. The predicted molar refractivity (Wildman–Crippen MR) is 145 cm³/mol. The van der Waals surface area contributed by atoms with Gasteiger partial charge in [0.1, 0.15) is 22.8 Å². The second-order valence-electron chi connectivity index (χ2n) is 10.3. The van der Waals surface area contributed by atoms with E-state index >= 15 is 0 Å². The minimum atomic E-state index is -2.21. The lowest BCUT2D eigenvalue weighted by molar-refractivity contribution is 0.0884. The van der Waals surface area contributed by atoms with E-state index in [4.69, 9.17) is 4.74 Å². The first-order valence-corrected chi connectivity index (χ1v) is 14.3. The number of likely N-dealkylation sites (tertiary alicyclic amines) is 1. The van der Waals surface area contributed by atoms with Gasteiger partial charge in [-0.25, -0.2) is 9.97 Å². The Labute approximate surface area is 219 Å². The highest BCUT2D eigenvalue weighted by molar-refractivity contribution is 7.72. The highest BCUT2D eigenvalue weighted by Gasteiger charge is 2.34. The summed E-state index contributed by atoms with van der Waals surface area (Å²) in [6.45, 7) is 4.73. The minimum Gasteiger partial charge on any atom is -0.375 e. The van der Waals surface area contributed by atoms with Gasteiger partial charge in [-0.05, 0) is 62.1 Å². The van der Waals surface area contributed by atoms with E-state index in [2.05, 4.69) is 49.8 Å². The molecule has 1 saturated heterocycles. The zero-order chi connectivity index (χ0) is 25.8. The first kappa shape index (κ1) is 25.8. The SMILES string of the molecule is CCc1ccc(COCC2CCN(C(C3CCC(N(C)c4ncnc5[nH]ccc45)CC3)=S(=O)=O)C2)nc1. The standard InChI is InChI=1S/C27H36N6O3S/c1-3-19-4-7-22(29-14-19)17-36-16-20-11-13-33(15-20)27(37(34)35)21-5-8-23(9-6-21)32(2)26-24-10-12-28-25(24)30-18-31-26/h4,7,10,12,14,18,20-21,23H,3,5-6,8-9,11,13,15-17H2,1-2H3,(H,28,30,31). The number of hydrogen-bond acceptors (Lipinski definition) is 7. The fourth-order valence-corrected chi connectivity index (χ4v) is 6.66. The molecule has 0 radical (unpaired) electrons. The number of fused-ring (bicyclic) bond motifs is 1. The minimum absolute atomic E-state index is 0.0709. The maximum absolute atomic E-state index is 12.3. The molecule has 4 heterocycles. The quantitative estimate of drug-likeness (QED) is 0.447. The van der Waals surface area contributed by atoms with Crippen molar-refractivity contribution in [2.45, 2.75) is 58.1 Å². The number of H-pyrrole nitrogens is 1. The number of nitrogens with zero attached hydrogens (tertiary/aromatic N) is 5. The number of hydrogen-bond donors (Lipinski definition) is 1. The second kappa shape index (κ2) is 11.7. The Morgan fingerprint density at radius 3 is 2.70 bits per heavy atom. The highest BCUT2D eigenvalue weighted by Crippen LogP contribution is 2.33. The summed E-state index contributed by atoms with van der Waals surface area (Å²) in [5.41, 5.74) is 2.98. The average Bonchev–Trinajstić information content (AvgIpc) is 3.59. The van der Waals surface area contributed by atoms with E-state index in [1.165, 1.54) is 5.56 Å². The van der Waals surface area contributed by atoms with Crippen LogP contribution in [-0.4, -0.2) is 71.0 Å². The summed E-state index contributed by atoms with van der Waals surface area (Å²) in [4.78, 5) is 21.3. The van der Waals surface area contributed by atoms with Gasteiger partial charge >= 0.3 is 0 Å². The van der Waals surface area contributed by atoms with Crippen LogP contribution < -0.4 is 4.90 Å². The Morgan fingerprint density at radius 1 is 1.14 bits per heavy atom. The van der Waals surface area contributed by atoms with E-state index in [-0.39, 0.29) is 5.92 Å². The summed E-state index contributed by atoms with van der Waals surface area (Å²) >= 11 is 0. The molecule has 1 aliphatic heterocycles.